The second-order valence-electron chi connectivity index (χ2n) is 5.13. The molecule has 106 valence electrons. The van der Waals surface area contributed by atoms with Crippen LogP contribution in [0.1, 0.15) is 25.3 Å². The van der Waals surface area contributed by atoms with Gasteiger partial charge in [0, 0.05) is 5.41 Å². The van der Waals surface area contributed by atoms with Crippen LogP contribution in [0.4, 0.5) is 0 Å². The molecule has 1 aliphatic heterocycles. The molecule has 0 radical (unpaired) electrons. The molecule has 1 unspecified atom stereocenters. The van der Waals surface area contributed by atoms with Crippen LogP contribution in [0.3, 0.4) is 0 Å². The van der Waals surface area contributed by atoms with Gasteiger partial charge in [-0.3, -0.25) is 14.9 Å². The summed E-state index contributed by atoms with van der Waals surface area (Å²) in [6.45, 7) is 1.91. The third-order valence-electron chi connectivity index (χ3n) is 4.03. The Kier molecular flexibility index (Phi) is 4.05. The van der Waals surface area contributed by atoms with E-state index in [2.05, 4.69) is 5.32 Å². The van der Waals surface area contributed by atoms with Gasteiger partial charge in [-0.05, 0) is 12.0 Å². The van der Waals surface area contributed by atoms with Crippen LogP contribution in [0.15, 0.2) is 30.3 Å². The third kappa shape index (κ3) is 2.17. The molecule has 1 N–H and O–H groups in total. The topological polar surface area (TPSA) is 93.8 Å². The Bertz CT molecular complexity index is 608. The van der Waals surface area contributed by atoms with E-state index in [4.69, 9.17) is 0 Å². The zero-order valence-corrected chi connectivity index (χ0v) is 11.7. The fourth-order valence-electron chi connectivity index (χ4n) is 3.18. The van der Waals surface area contributed by atoms with Gasteiger partial charge >= 0.3 is 0 Å². The molecule has 0 bridgehead atoms. The Morgan fingerprint density at radius 2 is 1.62 bits per heavy atom. The number of imide groups is 1. The molecule has 2 rings (SSSR count). The number of nitrogens with one attached hydrogen (secondary N) is 1. The molecule has 1 saturated heterocycles. The maximum absolute atomic E-state index is 12.1. The summed E-state index contributed by atoms with van der Waals surface area (Å²) in [5.74, 6) is -3.35. The van der Waals surface area contributed by atoms with Gasteiger partial charge in [0.2, 0.25) is 11.8 Å². The lowest BCUT2D eigenvalue weighted by molar-refractivity contribution is -0.141. The Labute approximate surface area is 123 Å². The summed E-state index contributed by atoms with van der Waals surface area (Å²) in [6, 6.07) is 12.9. The van der Waals surface area contributed by atoms with Gasteiger partial charge < -0.3 is 0 Å². The first-order valence-electron chi connectivity index (χ1n) is 6.81. The van der Waals surface area contributed by atoms with Crippen LogP contribution in [-0.2, 0) is 15.0 Å². The van der Waals surface area contributed by atoms with Crippen molar-refractivity contribution in [1.29, 1.82) is 10.5 Å². The van der Waals surface area contributed by atoms with Crippen molar-refractivity contribution >= 4 is 11.8 Å². The molecule has 21 heavy (non-hydrogen) atoms. The molecule has 2 amide bonds. The number of nitrogens with zero attached hydrogens (tertiary/aromatic N) is 2. The summed E-state index contributed by atoms with van der Waals surface area (Å²) in [5.41, 5.74) is -0.396. The molecular formula is C16H15N3O2. The second-order valence-corrected chi connectivity index (χ2v) is 5.13. The summed E-state index contributed by atoms with van der Waals surface area (Å²) in [6.07, 6.45) is 1.08. The summed E-state index contributed by atoms with van der Waals surface area (Å²) < 4.78 is 0. The van der Waals surface area contributed by atoms with Crippen molar-refractivity contribution in [3.8, 4) is 12.1 Å². The second kappa shape index (κ2) is 5.76. The van der Waals surface area contributed by atoms with E-state index in [1.54, 1.807) is 24.3 Å². The number of rotatable bonds is 3. The van der Waals surface area contributed by atoms with E-state index in [1.165, 1.54) is 0 Å². The SMILES string of the molecule is CCCC1(c2ccccc2)[C@H](C#N)C(=O)NC(=O)[C@@H]1C#N. The lowest BCUT2D eigenvalue weighted by Crippen LogP contribution is -2.59. The Morgan fingerprint density at radius 1 is 1.10 bits per heavy atom. The van der Waals surface area contributed by atoms with Crippen molar-refractivity contribution in [3.05, 3.63) is 35.9 Å². The number of nitriles is 2. The van der Waals surface area contributed by atoms with Gasteiger partial charge in [-0.15, -0.1) is 0 Å². The minimum Gasteiger partial charge on any atom is -0.294 e. The quantitative estimate of drug-likeness (QED) is 0.852. The number of carbonyl (C=O) groups excluding carboxylic acids is 2. The molecule has 1 aromatic carbocycles. The Hall–Kier alpha value is -2.66. The zero-order chi connectivity index (χ0) is 15.5. The first kappa shape index (κ1) is 14.7. The molecule has 0 spiro atoms. The number of amides is 2. The van der Waals surface area contributed by atoms with Crippen LogP contribution in [-0.4, -0.2) is 11.8 Å². The van der Waals surface area contributed by atoms with Crippen molar-refractivity contribution in [2.45, 2.75) is 25.2 Å². The summed E-state index contributed by atoms with van der Waals surface area (Å²) in [5, 5.41) is 21.0. The smallest absolute Gasteiger partial charge is 0.244 e. The number of hydrogen-bond acceptors (Lipinski definition) is 4. The molecule has 1 aromatic rings. The maximum atomic E-state index is 12.1. The molecule has 1 heterocycles. The molecule has 5 nitrogen and oxygen atoms in total. The molecule has 5 heteroatoms. The van der Waals surface area contributed by atoms with E-state index in [0.717, 1.165) is 0 Å². The van der Waals surface area contributed by atoms with Gasteiger partial charge in [0.1, 0.15) is 11.8 Å². The van der Waals surface area contributed by atoms with Crippen LogP contribution in [0, 0.1) is 34.5 Å². The van der Waals surface area contributed by atoms with Crippen molar-refractivity contribution < 1.29 is 9.59 Å². The van der Waals surface area contributed by atoms with Crippen molar-refractivity contribution in [3.63, 3.8) is 0 Å². The highest BCUT2D eigenvalue weighted by atomic mass is 16.2. The minimum absolute atomic E-state index is 0.423. The van der Waals surface area contributed by atoms with Gasteiger partial charge in [-0.25, -0.2) is 0 Å². The molecule has 1 aliphatic rings. The van der Waals surface area contributed by atoms with Crippen LogP contribution >= 0.6 is 0 Å². The highest BCUT2D eigenvalue weighted by Gasteiger charge is 2.56. The largest absolute Gasteiger partial charge is 0.294 e. The predicted octanol–water partition coefficient (Wildman–Crippen LogP) is 1.66. The minimum atomic E-state index is -1.08. The highest BCUT2D eigenvalue weighted by molar-refractivity contribution is 6.04. The van der Waals surface area contributed by atoms with Crippen LogP contribution in [0.2, 0.25) is 0 Å². The van der Waals surface area contributed by atoms with Crippen LogP contribution < -0.4 is 5.32 Å². The van der Waals surface area contributed by atoms with E-state index in [-0.39, 0.29) is 0 Å². The average Bonchev–Trinajstić information content (AvgIpc) is 2.48. The summed E-state index contributed by atoms with van der Waals surface area (Å²) >= 11 is 0. The molecule has 1 fully saturated rings. The molecule has 0 aliphatic carbocycles. The Balaban J connectivity index is 2.73. The monoisotopic (exact) mass is 281 g/mol. The van der Waals surface area contributed by atoms with E-state index >= 15 is 0 Å². The number of hydrogen-bond donors (Lipinski definition) is 1. The maximum Gasteiger partial charge on any atom is 0.244 e. The summed E-state index contributed by atoms with van der Waals surface area (Å²) in [4.78, 5) is 24.2. The van der Waals surface area contributed by atoms with Gasteiger partial charge in [0.05, 0.1) is 12.1 Å². The molecular weight excluding hydrogens is 266 g/mol. The third-order valence-corrected chi connectivity index (χ3v) is 4.03. The first-order valence-corrected chi connectivity index (χ1v) is 6.81. The van der Waals surface area contributed by atoms with Gasteiger partial charge in [-0.2, -0.15) is 10.5 Å². The lowest BCUT2D eigenvalue weighted by Gasteiger charge is -2.43. The fourth-order valence-corrected chi connectivity index (χ4v) is 3.18. The standard InChI is InChI=1S/C16H15N3O2/c1-2-8-16(11-6-4-3-5-7-11)12(9-17)14(20)19-15(21)13(16)10-18/h3-7,12-13H,2,8H2,1H3,(H,19,20,21)/t12-,13+,16?. The van der Waals surface area contributed by atoms with E-state index in [9.17, 15) is 20.1 Å². The average molecular weight is 281 g/mol. The molecule has 0 saturated carbocycles. The van der Waals surface area contributed by atoms with Gasteiger partial charge in [-0.1, -0.05) is 43.7 Å². The van der Waals surface area contributed by atoms with Crippen LogP contribution in [0.25, 0.3) is 0 Å². The molecule has 0 aromatic heterocycles. The lowest BCUT2D eigenvalue weighted by atomic mass is 9.58. The number of benzene rings is 1. The first-order chi connectivity index (χ1) is 10.1. The predicted molar refractivity (Wildman–Crippen MR) is 74.4 cm³/mol. The number of carbonyl (C=O) groups is 2. The van der Waals surface area contributed by atoms with Crippen molar-refractivity contribution in [2.75, 3.05) is 0 Å². The number of piperidine rings is 1. The fraction of sp³-hybridized carbons (Fsp3) is 0.375. The zero-order valence-electron chi connectivity index (χ0n) is 11.7. The van der Waals surface area contributed by atoms with E-state index < -0.39 is 29.1 Å². The van der Waals surface area contributed by atoms with Crippen LogP contribution in [0.5, 0.6) is 0 Å². The van der Waals surface area contributed by atoms with E-state index in [0.29, 0.717) is 18.4 Å². The normalized spacial score (nSPS) is 28.3. The van der Waals surface area contributed by atoms with E-state index in [1.807, 2.05) is 25.1 Å². The van der Waals surface area contributed by atoms with Gasteiger partial charge in [0.15, 0.2) is 0 Å². The highest BCUT2D eigenvalue weighted by Crippen LogP contribution is 2.45. The van der Waals surface area contributed by atoms with Gasteiger partial charge in [0.25, 0.3) is 0 Å². The Morgan fingerprint density at radius 3 is 2.05 bits per heavy atom. The summed E-state index contributed by atoms with van der Waals surface area (Å²) in [7, 11) is 0. The molecule has 3 atom stereocenters. The van der Waals surface area contributed by atoms with Crippen molar-refractivity contribution in [1.82, 2.24) is 5.32 Å². The van der Waals surface area contributed by atoms with Crippen molar-refractivity contribution in [2.24, 2.45) is 11.8 Å².